The fourth-order valence-electron chi connectivity index (χ4n) is 2.44. The summed E-state index contributed by atoms with van der Waals surface area (Å²) in [5.74, 6) is -1.04. The van der Waals surface area contributed by atoms with E-state index in [-0.39, 0.29) is 36.1 Å². The summed E-state index contributed by atoms with van der Waals surface area (Å²) in [5, 5.41) is 0. The number of amides is 4. The Morgan fingerprint density at radius 2 is 1.41 bits per heavy atom. The first-order valence-electron chi connectivity index (χ1n) is 7.13. The third-order valence-corrected chi connectivity index (χ3v) is 3.59. The van der Waals surface area contributed by atoms with E-state index in [2.05, 4.69) is 0 Å². The first-order valence-corrected chi connectivity index (χ1v) is 7.13. The highest BCUT2D eigenvalue weighted by atomic mass is 16.2. The second-order valence-electron chi connectivity index (χ2n) is 5.54. The third kappa shape index (κ3) is 3.58. The molecule has 1 atom stereocenters. The molecule has 0 saturated heterocycles. The van der Waals surface area contributed by atoms with Gasteiger partial charge in [0.25, 0.3) is 23.6 Å². The van der Waals surface area contributed by atoms with Gasteiger partial charge in [0.05, 0.1) is 0 Å². The molecule has 0 aliphatic carbocycles. The van der Waals surface area contributed by atoms with Crippen LogP contribution in [0.15, 0.2) is 36.0 Å². The van der Waals surface area contributed by atoms with Gasteiger partial charge in [-0.3, -0.25) is 29.0 Å². The zero-order valence-corrected chi connectivity index (χ0v) is 12.6. The van der Waals surface area contributed by atoms with E-state index < -0.39 is 0 Å². The van der Waals surface area contributed by atoms with E-state index in [0.717, 1.165) is 5.57 Å². The Kier molecular flexibility index (Phi) is 4.70. The topological polar surface area (TPSA) is 74.8 Å². The van der Waals surface area contributed by atoms with Crippen molar-refractivity contribution in [3.63, 3.8) is 0 Å². The lowest BCUT2D eigenvalue weighted by Crippen LogP contribution is -2.32. The Morgan fingerprint density at radius 1 is 0.955 bits per heavy atom. The predicted molar refractivity (Wildman–Crippen MR) is 79.3 cm³/mol. The van der Waals surface area contributed by atoms with Gasteiger partial charge >= 0.3 is 0 Å². The highest BCUT2D eigenvalue weighted by Gasteiger charge is 2.24. The van der Waals surface area contributed by atoms with E-state index in [1.54, 1.807) is 0 Å². The molecular weight excluding hydrogens is 284 g/mol. The Bertz CT molecular complexity index is 580. The van der Waals surface area contributed by atoms with Crippen LogP contribution in [0, 0.1) is 5.92 Å². The van der Waals surface area contributed by atoms with E-state index in [1.165, 1.54) is 34.1 Å². The van der Waals surface area contributed by atoms with Crippen LogP contribution in [0.1, 0.15) is 20.3 Å². The summed E-state index contributed by atoms with van der Waals surface area (Å²) >= 11 is 0. The number of carbonyl (C=O) groups excluding carboxylic acids is 4. The average Bonchev–Trinajstić information content (AvgIpc) is 2.93. The summed E-state index contributed by atoms with van der Waals surface area (Å²) in [4.78, 5) is 48.2. The monoisotopic (exact) mass is 302 g/mol. The molecule has 0 aromatic rings. The van der Waals surface area contributed by atoms with Crippen LogP contribution in [-0.4, -0.2) is 46.5 Å². The van der Waals surface area contributed by atoms with Gasteiger partial charge in [-0.05, 0) is 19.3 Å². The molecule has 2 heterocycles. The van der Waals surface area contributed by atoms with Crippen LogP contribution in [0.2, 0.25) is 0 Å². The minimum absolute atomic E-state index is 0.127. The minimum Gasteiger partial charge on any atom is -0.275 e. The predicted octanol–water partition coefficient (Wildman–Crippen LogP) is 0.809. The standard InChI is InChI=1S/C16H18N2O4/c1-11(7-8-17-13(19)3-4-14(17)20)9-12(2)10-18-15(21)5-6-16(18)22/h3-6,9,11H,7-8,10H2,1-2H3/b12-9+. The normalized spacial score (nSPS) is 19.8. The van der Waals surface area contributed by atoms with E-state index >= 15 is 0 Å². The number of hydrogen-bond donors (Lipinski definition) is 0. The van der Waals surface area contributed by atoms with Crippen molar-refractivity contribution in [3.05, 3.63) is 36.0 Å². The number of hydrogen-bond acceptors (Lipinski definition) is 4. The lowest BCUT2D eigenvalue weighted by molar-refractivity contribution is -0.138. The molecule has 2 aliphatic rings. The van der Waals surface area contributed by atoms with Crippen LogP contribution in [0.4, 0.5) is 0 Å². The maximum atomic E-state index is 11.5. The van der Waals surface area contributed by atoms with Crippen molar-refractivity contribution in [3.8, 4) is 0 Å². The largest absolute Gasteiger partial charge is 0.275 e. The van der Waals surface area contributed by atoms with Gasteiger partial charge in [-0.15, -0.1) is 0 Å². The molecule has 1 unspecified atom stereocenters. The summed E-state index contributed by atoms with van der Waals surface area (Å²) in [6.07, 6.45) is 7.65. The summed E-state index contributed by atoms with van der Waals surface area (Å²) in [5.41, 5.74) is 0.898. The molecule has 0 radical (unpaired) electrons. The molecule has 0 N–H and O–H groups in total. The molecule has 0 aromatic heterocycles. The highest BCUT2D eigenvalue weighted by molar-refractivity contribution is 6.13. The van der Waals surface area contributed by atoms with Crippen molar-refractivity contribution in [1.82, 2.24) is 9.80 Å². The Morgan fingerprint density at radius 3 is 1.91 bits per heavy atom. The average molecular weight is 302 g/mol. The van der Waals surface area contributed by atoms with Crippen molar-refractivity contribution in [2.24, 2.45) is 5.92 Å². The molecule has 6 heteroatoms. The zero-order chi connectivity index (χ0) is 16.3. The summed E-state index contributed by atoms with van der Waals surface area (Å²) in [6, 6.07) is 0. The van der Waals surface area contributed by atoms with Gasteiger partial charge in [0.2, 0.25) is 0 Å². The minimum atomic E-state index is -0.301. The van der Waals surface area contributed by atoms with E-state index in [0.29, 0.717) is 13.0 Å². The Balaban J connectivity index is 1.84. The fourth-order valence-corrected chi connectivity index (χ4v) is 2.44. The molecule has 2 rings (SSSR count). The first-order chi connectivity index (χ1) is 10.4. The molecule has 0 bridgehead atoms. The van der Waals surface area contributed by atoms with Gasteiger partial charge in [-0.2, -0.15) is 0 Å². The van der Waals surface area contributed by atoms with Gasteiger partial charge in [-0.25, -0.2) is 0 Å². The van der Waals surface area contributed by atoms with Crippen LogP contribution in [-0.2, 0) is 19.2 Å². The van der Waals surface area contributed by atoms with Crippen molar-refractivity contribution in [1.29, 1.82) is 0 Å². The van der Waals surface area contributed by atoms with Crippen molar-refractivity contribution in [2.75, 3.05) is 13.1 Å². The van der Waals surface area contributed by atoms with Crippen LogP contribution in [0.3, 0.4) is 0 Å². The quantitative estimate of drug-likeness (QED) is 0.537. The van der Waals surface area contributed by atoms with E-state index in [9.17, 15) is 19.2 Å². The maximum Gasteiger partial charge on any atom is 0.253 e. The molecular formula is C16H18N2O4. The molecule has 0 saturated carbocycles. The second-order valence-corrected chi connectivity index (χ2v) is 5.54. The lowest BCUT2D eigenvalue weighted by Gasteiger charge is -2.17. The Labute approximate surface area is 128 Å². The smallest absolute Gasteiger partial charge is 0.253 e. The van der Waals surface area contributed by atoms with Gasteiger partial charge in [0, 0.05) is 37.4 Å². The summed E-state index contributed by atoms with van der Waals surface area (Å²) in [7, 11) is 0. The molecule has 4 amide bonds. The van der Waals surface area contributed by atoms with Gasteiger partial charge in [-0.1, -0.05) is 18.6 Å². The molecule has 116 valence electrons. The summed E-state index contributed by atoms with van der Waals surface area (Å²) in [6.45, 7) is 4.44. The fraction of sp³-hybridized carbons (Fsp3) is 0.375. The van der Waals surface area contributed by atoms with E-state index in [1.807, 2.05) is 19.9 Å². The third-order valence-electron chi connectivity index (χ3n) is 3.59. The number of imide groups is 2. The number of allylic oxidation sites excluding steroid dienone is 1. The second kappa shape index (κ2) is 6.51. The van der Waals surface area contributed by atoms with Crippen LogP contribution in [0.25, 0.3) is 0 Å². The summed E-state index contributed by atoms with van der Waals surface area (Å²) < 4.78 is 0. The highest BCUT2D eigenvalue weighted by Crippen LogP contribution is 2.14. The first kappa shape index (κ1) is 15.9. The Hall–Kier alpha value is -2.50. The van der Waals surface area contributed by atoms with Gasteiger partial charge in [0.15, 0.2) is 0 Å². The molecule has 0 aromatic carbocycles. The zero-order valence-electron chi connectivity index (χ0n) is 12.6. The van der Waals surface area contributed by atoms with Crippen LogP contribution < -0.4 is 0 Å². The molecule has 22 heavy (non-hydrogen) atoms. The molecule has 0 spiro atoms. The maximum absolute atomic E-state index is 11.5. The number of rotatable bonds is 6. The molecule has 0 fully saturated rings. The van der Waals surface area contributed by atoms with Crippen molar-refractivity contribution < 1.29 is 19.2 Å². The number of carbonyl (C=O) groups is 4. The van der Waals surface area contributed by atoms with Gasteiger partial charge < -0.3 is 0 Å². The molecule has 2 aliphatic heterocycles. The van der Waals surface area contributed by atoms with Crippen LogP contribution in [0.5, 0.6) is 0 Å². The lowest BCUT2D eigenvalue weighted by atomic mass is 10.0. The van der Waals surface area contributed by atoms with Crippen LogP contribution >= 0.6 is 0 Å². The molecule has 6 nitrogen and oxygen atoms in total. The van der Waals surface area contributed by atoms with Crippen molar-refractivity contribution >= 4 is 23.6 Å². The van der Waals surface area contributed by atoms with Crippen molar-refractivity contribution in [2.45, 2.75) is 20.3 Å². The SMILES string of the molecule is C/C(=C\C(C)CCN1C(=O)C=CC1=O)CN1C(=O)C=CC1=O. The number of nitrogens with zero attached hydrogens (tertiary/aromatic N) is 2. The van der Waals surface area contributed by atoms with Gasteiger partial charge in [0.1, 0.15) is 0 Å². The van der Waals surface area contributed by atoms with E-state index in [4.69, 9.17) is 0 Å².